The van der Waals surface area contributed by atoms with E-state index in [0.717, 1.165) is 31.2 Å². The zero-order valence-electron chi connectivity index (χ0n) is 10.6. The van der Waals surface area contributed by atoms with Crippen molar-refractivity contribution >= 4 is 17.6 Å². The van der Waals surface area contributed by atoms with Crippen LogP contribution in [-0.2, 0) is 6.42 Å². The number of anilines is 1. The highest BCUT2D eigenvalue weighted by Gasteiger charge is 2.23. The van der Waals surface area contributed by atoms with E-state index in [-0.39, 0.29) is 5.56 Å². The monoisotopic (exact) mass is 253 g/mol. The van der Waals surface area contributed by atoms with Gasteiger partial charge in [0.1, 0.15) is 11.6 Å². The number of aromatic amines is 1. The zero-order chi connectivity index (χ0) is 12.4. The number of H-pyrrole nitrogens is 1. The topological polar surface area (TPSA) is 49.0 Å². The lowest BCUT2D eigenvalue weighted by Crippen LogP contribution is -2.41. The van der Waals surface area contributed by atoms with Crippen molar-refractivity contribution in [3.8, 4) is 0 Å². The number of aryl methyl sites for hydroxylation is 1. The van der Waals surface area contributed by atoms with E-state index >= 15 is 0 Å². The van der Waals surface area contributed by atoms with Crippen LogP contribution in [0.3, 0.4) is 0 Å². The molecule has 0 saturated carbocycles. The lowest BCUT2D eigenvalue weighted by atomic mass is 10.3. The molecule has 1 aliphatic rings. The summed E-state index contributed by atoms with van der Waals surface area (Å²) in [6, 6.07) is 1.61. The van der Waals surface area contributed by atoms with Gasteiger partial charge in [-0.15, -0.1) is 0 Å². The summed E-state index contributed by atoms with van der Waals surface area (Å²) in [5.41, 5.74) is -0.0506. The van der Waals surface area contributed by atoms with Gasteiger partial charge in [-0.1, -0.05) is 20.8 Å². The Labute approximate surface area is 106 Å². The van der Waals surface area contributed by atoms with Gasteiger partial charge >= 0.3 is 0 Å². The second-order valence-corrected chi connectivity index (χ2v) is 6.45. The number of nitrogens with one attached hydrogen (secondary N) is 1. The van der Waals surface area contributed by atoms with E-state index < -0.39 is 0 Å². The maximum absolute atomic E-state index is 11.5. The van der Waals surface area contributed by atoms with Crippen LogP contribution in [0.15, 0.2) is 10.9 Å². The molecule has 1 saturated heterocycles. The average Bonchev–Trinajstić information content (AvgIpc) is 2.26. The zero-order valence-corrected chi connectivity index (χ0v) is 11.4. The van der Waals surface area contributed by atoms with Gasteiger partial charge in [-0.05, 0) is 0 Å². The summed E-state index contributed by atoms with van der Waals surface area (Å²) in [5, 5.41) is 1.18. The van der Waals surface area contributed by atoms with Gasteiger partial charge < -0.3 is 9.88 Å². The van der Waals surface area contributed by atoms with Crippen LogP contribution in [-0.4, -0.2) is 33.6 Å². The second kappa shape index (κ2) is 5.12. The molecule has 94 valence electrons. The van der Waals surface area contributed by atoms with Crippen LogP contribution in [0, 0.1) is 0 Å². The quantitative estimate of drug-likeness (QED) is 0.871. The predicted molar refractivity (Wildman–Crippen MR) is 73.0 cm³/mol. The van der Waals surface area contributed by atoms with Gasteiger partial charge in [0.05, 0.1) is 0 Å². The maximum Gasteiger partial charge on any atom is 0.252 e. The summed E-state index contributed by atoms with van der Waals surface area (Å²) in [6.07, 6.45) is 0.761. The molecule has 0 radical (unpaired) electrons. The van der Waals surface area contributed by atoms with Gasteiger partial charge in [-0.25, -0.2) is 4.98 Å². The van der Waals surface area contributed by atoms with E-state index in [1.54, 1.807) is 6.07 Å². The Morgan fingerprint density at radius 1 is 1.47 bits per heavy atom. The number of nitrogens with zero attached hydrogens (tertiary/aromatic N) is 2. The fourth-order valence-corrected chi connectivity index (χ4v) is 3.51. The standard InChI is InChI=1S/C12H19N3OS/c1-4-10-13-11(5-12(16)14-10)15-6-8(2)17-9(3)7-15/h5,8-9H,4,6-7H2,1-3H3,(H,13,14,16). The summed E-state index contributed by atoms with van der Waals surface area (Å²) in [6.45, 7) is 8.38. The molecule has 17 heavy (non-hydrogen) atoms. The van der Waals surface area contributed by atoms with Crippen LogP contribution in [0.5, 0.6) is 0 Å². The molecule has 1 N–H and O–H groups in total. The first-order valence-electron chi connectivity index (χ1n) is 6.09. The summed E-state index contributed by atoms with van der Waals surface area (Å²) in [4.78, 5) is 21.0. The molecule has 4 nitrogen and oxygen atoms in total. The second-order valence-electron chi connectivity index (χ2n) is 4.57. The molecule has 2 atom stereocenters. The van der Waals surface area contributed by atoms with Crippen molar-refractivity contribution in [2.24, 2.45) is 0 Å². The fraction of sp³-hybridized carbons (Fsp3) is 0.667. The minimum Gasteiger partial charge on any atom is -0.354 e. The number of rotatable bonds is 2. The van der Waals surface area contributed by atoms with Gasteiger partial charge in [-0.3, -0.25) is 4.79 Å². The molecule has 2 rings (SSSR count). The highest BCUT2D eigenvalue weighted by atomic mass is 32.2. The Morgan fingerprint density at radius 3 is 2.71 bits per heavy atom. The third kappa shape index (κ3) is 3.03. The molecule has 2 unspecified atom stereocenters. The van der Waals surface area contributed by atoms with Crippen LogP contribution >= 0.6 is 11.8 Å². The fourth-order valence-electron chi connectivity index (χ4n) is 2.19. The smallest absolute Gasteiger partial charge is 0.252 e. The van der Waals surface area contributed by atoms with Crippen molar-refractivity contribution in [1.29, 1.82) is 0 Å². The Balaban J connectivity index is 2.26. The molecule has 2 heterocycles. The van der Waals surface area contributed by atoms with Gasteiger partial charge in [0, 0.05) is 36.1 Å². The molecule has 0 bridgehead atoms. The summed E-state index contributed by atoms with van der Waals surface area (Å²) < 4.78 is 0. The first-order chi connectivity index (χ1) is 8.08. The predicted octanol–water partition coefficient (Wildman–Crippen LogP) is 1.66. The molecule has 1 aliphatic heterocycles. The minimum atomic E-state index is -0.0506. The Hall–Kier alpha value is -0.970. The molecular formula is C12H19N3OS. The maximum atomic E-state index is 11.5. The Bertz CT molecular complexity index is 436. The van der Waals surface area contributed by atoms with Crippen LogP contribution in [0.25, 0.3) is 0 Å². The van der Waals surface area contributed by atoms with Crippen LogP contribution in [0.2, 0.25) is 0 Å². The summed E-state index contributed by atoms with van der Waals surface area (Å²) in [5.74, 6) is 1.59. The molecule has 1 fully saturated rings. The molecule has 0 aliphatic carbocycles. The van der Waals surface area contributed by atoms with Gasteiger partial charge in [0.25, 0.3) is 5.56 Å². The number of aromatic nitrogens is 2. The molecular weight excluding hydrogens is 234 g/mol. The Kier molecular flexibility index (Phi) is 3.76. The molecule has 1 aromatic heterocycles. The van der Waals surface area contributed by atoms with Crippen molar-refractivity contribution in [2.75, 3.05) is 18.0 Å². The number of hydrogen-bond acceptors (Lipinski definition) is 4. The highest BCUT2D eigenvalue weighted by Crippen LogP contribution is 2.27. The van der Waals surface area contributed by atoms with E-state index in [1.165, 1.54) is 0 Å². The van der Waals surface area contributed by atoms with Crippen LogP contribution in [0.4, 0.5) is 5.82 Å². The van der Waals surface area contributed by atoms with E-state index in [2.05, 4.69) is 28.7 Å². The van der Waals surface area contributed by atoms with E-state index in [9.17, 15) is 4.79 Å². The summed E-state index contributed by atoms with van der Waals surface area (Å²) in [7, 11) is 0. The van der Waals surface area contributed by atoms with Crippen LogP contribution < -0.4 is 10.5 Å². The number of hydrogen-bond donors (Lipinski definition) is 1. The van der Waals surface area contributed by atoms with Gasteiger partial charge in [0.2, 0.25) is 0 Å². The van der Waals surface area contributed by atoms with Crippen molar-refractivity contribution in [3.05, 3.63) is 22.2 Å². The van der Waals surface area contributed by atoms with Gasteiger partial charge in [0.15, 0.2) is 0 Å². The molecule has 0 spiro atoms. The first-order valence-corrected chi connectivity index (χ1v) is 7.03. The molecule has 1 aromatic rings. The lowest BCUT2D eigenvalue weighted by Gasteiger charge is -2.35. The lowest BCUT2D eigenvalue weighted by molar-refractivity contribution is 0.711. The van der Waals surface area contributed by atoms with Crippen molar-refractivity contribution in [3.63, 3.8) is 0 Å². The van der Waals surface area contributed by atoms with Crippen LogP contribution in [0.1, 0.15) is 26.6 Å². The average molecular weight is 253 g/mol. The molecule has 0 amide bonds. The number of thioether (sulfide) groups is 1. The Morgan fingerprint density at radius 2 is 2.12 bits per heavy atom. The van der Waals surface area contributed by atoms with Crippen molar-refractivity contribution in [1.82, 2.24) is 9.97 Å². The van der Waals surface area contributed by atoms with Gasteiger partial charge in [-0.2, -0.15) is 11.8 Å². The normalized spacial score (nSPS) is 25.0. The SMILES string of the molecule is CCc1nc(N2CC(C)SC(C)C2)cc(=O)[nH]1. The largest absolute Gasteiger partial charge is 0.354 e. The first kappa shape index (κ1) is 12.5. The minimum absolute atomic E-state index is 0.0506. The van der Waals surface area contributed by atoms with E-state index in [4.69, 9.17) is 0 Å². The third-order valence-corrected chi connectivity index (χ3v) is 4.08. The summed E-state index contributed by atoms with van der Waals surface area (Å²) >= 11 is 2.00. The van der Waals surface area contributed by atoms with Crippen molar-refractivity contribution < 1.29 is 0 Å². The third-order valence-electron chi connectivity index (χ3n) is 2.86. The van der Waals surface area contributed by atoms with E-state index in [1.807, 2.05) is 18.7 Å². The molecule has 0 aromatic carbocycles. The molecule has 5 heteroatoms. The van der Waals surface area contributed by atoms with E-state index in [0.29, 0.717) is 10.5 Å². The van der Waals surface area contributed by atoms with Crippen molar-refractivity contribution in [2.45, 2.75) is 37.7 Å². The highest BCUT2D eigenvalue weighted by molar-refractivity contribution is 8.00.